The summed E-state index contributed by atoms with van der Waals surface area (Å²) in [5, 5.41) is 2.60. The van der Waals surface area contributed by atoms with Gasteiger partial charge in [0, 0.05) is 13.0 Å². The molecule has 0 fully saturated rings. The number of hydrogen-bond acceptors (Lipinski definition) is 4. The first-order chi connectivity index (χ1) is 11.8. The molecule has 1 amide bonds. The minimum atomic E-state index is -3.75. The largest absolute Gasteiger partial charge is 0.492 e. The Bertz CT molecular complexity index is 835. The van der Waals surface area contributed by atoms with Crippen LogP contribution >= 0.6 is 0 Å². The minimum Gasteiger partial charge on any atom is -0.492 e. The number of nitrogens with one attached hydrogen (secondary N) is 2. The highest BCUT2D eigenvalue weighted by atomic mass is 32.2. The van der Waals surface area contributed by atoms with Crippen LogP contribution in [-0.4, -0.2) is 20.9 Å². The van der Waals surface area contributed by atoms with Gasteiger partial charge in [0.05, 0.1) is 17.2 Å². The van der Waals surface area contributed by atoms with Gasteiger partial charge in [-0.25, -0.2) is 13.1 Å². The molecule has 7 heteroatoms. The number of anilines is 1. The number of rotatable bonds is 7. The molecule has 0 heterocycles. The van der Waals surface area contributed by atoms with Crippen LogP contribution in [0.5, 0.6) is 5.75 Å². The highest BCUT2D eigenvalue weighted by molar-refractivity contribution is 7.89. The summed E-state index contributed by atoms with van der Waals surface area (Å²) < 4.78 is 33.4. The van der Waals surface area contributed by atoms with Gasteiger partial charge in [-0.1, -0.05) is 30.3 Å². The van der Waals surface area contributed by atoms with Crippen molar-refractivity contribution in [1.29, 1.82) is 0 Å². The van der Waals surface area contributed by atoms with E-state index >= 15 is 0 Å². The van der Waals surface area contributed by atoms with Gasteiger partial charge in [0.25, 0.3) is 0 Å². The first kappa shape index (κ1) is 19.0. The van der Waals surface area contributed by atoms with E-state index in [1.807, 2.05) is 37.3 Å². The van der Waals surface area contributed by atoms with Gasteiger partial charge >= 0.3 is 0 Å². The third-order valence-electron chi connectivity index (χ3n) is 3.50. The van der Waals surface area contributed by atoms with Gasteiger partial charge in [-0.3, -0.25) is 4.79 Å². The summed E-state index contributed by atoms with van der Waals surface area (Å²) in [4.78, 5) is 11.4. The first-order valence-corrected chi connectivity index (χ1v) is 9.43. The molecule has 134 valence electrons. The Balaban J connectivity index is 2.30. The standard InChI is InChI=1S/C18H22N2O4S/c1-4-24-18-11-10-16(12-17(18)19-14(3)21)25(22,23)20-13(2)15-8-6-5-7-9-15/h5-13,20H,4H2,1-3H3,(H,19,21)/t13-/m0/s1. The van der Waals surface area contributed by atoms with Crippen LogP contribution in [0.25, 0.3) is 0 Å². The van der Waals surface area contributed by atoms with Crippen LogP contribution in [0.4, 0.5) is 5.69 Å². The second kappa shape index (κ2) is 8.13. The predicted molar refractivity (Wildman–Crippen MR) is 97.1 cm³/mol. The first-order valence-electron chi connectivity index (χ1n) is 7.95. The van der Waals surface area contributed by atoms with E-state index in [0.29, 0.717) is 18.0 Å². The second-order valence-corrected chi connectivity index (χ2v) is 7.24. The summed E-state index contributed by atoms with van der Waals surface area (Å²) in [6, 6.07) is 13.3. The molecule has 0 radical (unpaired) electrons. The van der Waals surface area contributed by atoms with Crippen molar-refractivity contribution in [2.45, 2.75) is 31.7 Å². The molecule has 0 aliphatic rings. The lowest BCUT2D eigenvalue weighted by Crippen LogP contribution is -2.27. The number of carbonyl (C=O) groups is 1. The lowest BCUT2D eigenvalue weighted by Gasteiger charge is -2.16. The van der Waals surface area contributed by atoms with Gasteiger partial charge in [0.1, 0.15) is 5.75 Å². The number of amides is 1. The molecule has 6 nitrogen and oxygen atoms in total. The van der Waals surface area contributed by atoms with Gasteiger partial charge in [0.2, 0.25) is 15.9 Å². The average Bonchev–Trinajstić information content (AvgIpc) is 2.56. The van der Waals surface area contributed by atoms with Gasteiger partial charge in [-0.2, -0.15) is 0 Å². The van der Waals surface area contributed by atoms with E-state index in [-0.39, 0.29) is 16.8 Å². The van der Waals surface area contributed by atoms with E-state index in [2.05, 4.69) is 10.0 Å². The second-order valence-electron chi connectivity index (χ2n) is 5.53. The molecule has 25 heavy (non-hydrogen) atoms. The lowest BCUT2D eigenvalue weighted by atomic mass is 10.1. The molecule has 0 aromatic heterocycles. The van der Waals surface area contributed by atoms with Crippen LogP contribution in [0.15, 0.2) is 53.4 Å². The van der Waals surface area contributed by atoms with Gasteiger partial charge < -0.3 is 10.1 Å². The van der Waals surface area contributed by atoms with Crippen molar-refractivity contribution in [3.63, 3.8) is 0 Å². The van der Waals surface area contributed by atoms with Crippen molar-refractivity contribution >= 4 is 21.6 Å². The average molecular weight is 362 g/mol. The summed E-state index contributed by atoms with van der Waals surface area (Å²) in [5.41, 5.74) is 1.18. The number of benzene rings is 2. The number of ether oxygens (including phenoxy) is 1. The van der Waals surface area contributed by atoms with E-state index in [9.17, 15) is 13.2 Å². The Kier molecular flexibility index (Phi) is 6.17. The van der Waals surface area contributed by atoms with E-state index < -0.39 is 10.0 Å². The number of carbonyl (C=O) groups excluding carboxylic acids is 1. The maximum atomic E-state index is 12.7. The number of sulfonamides is 1. The third-order valence-corrected chi connectivity index (χ3v) is 5.04. The van der Waals surface area contributed by atoms with Crippen LogP contribution in [0, 0.1) is 0 Å². The zero-order chi connectivity index (χ0) is 18.4. The van der Waals surface area contributed by atoms with Crippen molar-refractivity contribution in [2.75, 3.05) is 11.9 Å². The van der Waals surface area contributed by atoms with Crippen LogP contribution in [0.1, 0.15) is 32.4 Å². The van der Waals surface area contributed by atoms with Crippen LogP contribution < -0.4 is 14.8 Å². The molecule has 1 atom stereocenters. The Morgan fingerprint density at radius 3 is 2.44 bits per heavy atom. The minimum absolute atomic E-state index is 0.0579. The molecule has 2 aromatic rings. The molecule has 0 saturated heterocycles. The topological polar surface area (TPSA) is 84.5 Å². The Labute approximate surface area is 148 Å². The fraction of sp³-hybridized carbons (Fsp3) is 0.278. The van der Waals surface area contributed by atoms with Gasteiger partial charge in [-0.05, 0) is 37.6 Å². The zero-order valence-corrected chi connectivity index (χ0v) is 15.3. The molecule has 0 saturated carbocycles. The van der Waals surface area contributed by atoms with E-state index in [4.69, 9.17) is 4.74 Å². The Morgan fingerprint density at radius 1 is 1.16 bits per heavy atom. The third kappa shape index (κ3) is 5.04. The molecule has 0 unspecified atom stereocenters. The molecular weight excluding hydrogens is 340 g/mol. The summed E-state index contributed by atoms with van der Waals surface area (Å²) in [6.45, 7) is 5.34. The van der Waals surface area contributed by atoms with Gasteiger partial charge in [-0.15, -0.1) is 0 Å². The monoisotopic (exact) mass is 362 g/mol. The molecule has 2 N–H and O–H groups in total. The Hall–Kier alpha value is -2.38. The predicted octanol–water partition coefficient (Wildman–Crippen LogP) is 3.08. The van der Waals surface area contributed by atoms with Crippen molar-refractivity contribution in [3.8, 4) is 5.75 Å². The van der Waals surface area contributed by atoms with Crippen LogP contribution in [0.3, 0.4) is 0 Å². The number of hydrogen-bond donors (Lipinski definition) is 2. The van der Waals surface area contributed by atoms with Crippen molar-refractivity contribution < 1.29 is 17.9 Å². The molecule has 0 spiro atoms. The van der Waals surface area contributed by atoms with E-state index in [0.717, 1.165) is 5.56 Å². The molecule has 2 aromatic carbocycles. The summed E-state index contributed by atoms with van der Waals surface area (Å²) in [7, 11) is -3.75. The van der Waals surface area contributed by atoms with Gasteiger partial charge in [0.15, 0.2) is 0 Å². The Morgan fingerprint density at radius 2 is 1.84 bits per heavy atom. The van der Waals surface area contributed by atoms with E-state index in [1.165, 1.54) is 25.1 Å². The van der Waals surface area contributed by atoms with Crippen molar-refractivity contribution in [2.24, 2.45) is 0 Å². The zero-order valence-electron chi connectivity index (χ0n) is 14.4. The maximum absolute atomic E-state index is 12.7. The van der Waals surface area contributed by atoms with Crippen LogP contribution in [0.2, 0.25) is 0 Å². The van der Waals surface area contributed by atoms with Crippen molar-refractivity contribution in [1.82, 2.24) is 4.72 Å². The molecule has 2 rings (SSSR count). The molecular formula is C18H22N2O4S. The normalized spacial score (nSPS) is 12.4. The smallest absolute Gasteiger partial charge is 0.241 e. The highest BCUT2D eigenvalue weighted by Gasteiger charge is 2.20. The van der Waals surface area contributed by atoms with Crippen molar-refractivity contribution in [3.05, 3.63) is 54.1 Å². The quantitative estimate of drug-likeness (QED) is 0.793. The summed E-state index contributed by atoms with van der Waals surface area (Å²) in [6.07, 6.45) is 0. The molecule has 0 aliphatic heterocycles. The fourth-order valence-electron chi connectivity index (χ4n) is 2.36. The fourth-order valence-corrected chi connectivity index (χ4v) is 3.61. The lowest BCUT2D eigenvalue weighted by molar-refractivity contribution is -0.114. The summed E-state index contributed by atoms with van der Waals surface area (Å²) >= 11 is 0. The maximum Gasteiger partial charge on any atom is 0.241 e. The van der Waals surface area contributed by atoms with E-state index in [1.54, 1.807) is 6.92 Å². The van der Waals surface area contributed by atoms with Crippen LogP contribution in [-0.2, 0) is 14.8 Å². The highest BCUT2D eigenvalue weighted by Crippen LogP contribution is 2.28. The summed E-state index contributed by atoms with van der Waals surface area (Å²) in [5.74, 6) is 0.119. The molecule has 0 bridgehead atoms. The SMILES string of the molecule is CCOc1ccc(S(=O)(=O)N[C@@H](C)c2ccccc2)cc1NC(C)=O. The molecule has 0 aliphatic carbocycles.